The van der Waals surface area contributed by atoms with Gasteiger partial charge in [0.25, 0.3) is 0 Å². The minimum absolute atomic E-state index is 0.454. The Morgan fingerprint density at radius 3 is 1.89 bits per heavy atom. The normalized spacial score (nSPS) is 21.9. The van der Waals surface area contributed by atoms with Crippen LogP contribution < -0.4 is 0 Å². The van der Waals surface area contributed by atoms with E-state index in [0.29, 0.717) is 6.54 Å². The molecule has 0 bridgehead atoms. The smallest absolute Gasteiger partial charge is 0.241 e. The van der Waals surface area contributed by atoms with Crippen molar-refractivity contribution in [3.63, 3.8) is 0 Å². The molecule has 11 heteroatoms. The van der Waals surface area contributed by atoms with Gasteiger partial charge in [0, 0.05) is 6.54 Å². The van der Waals surface area contributed by atoms with Crippen LogP contribution in [-0.2, 0) is 0 Å². The van der Waals surface area contributed by atoms with Crippen LogP contribution in [0.3, 0.4) is 0 Å². The van der Waals surface area contributed by atoms with Crippen LogP contribution in [0.2, 0.25) is 0 Å². The van der Waals surface area contributed by atoms with E-state index >= 15 is 0 Å². The van der Waals surface area contributed by atoms with Gasteiger partial charge in [0.1, 0.15) is 6.34 Å². The Morgan fingerprint density at radius 2 is 1.56 bits per heavy atom. The molecule has 1 aliphatic rings. The van der Waals surface area contributed by atoms with E-state index in [0.717, 1.165) is 0 Å². The molecule has 0 saturated carbocycles. The molecular formula is C7H7Cl8N3. The molecule has 0 aromatic carbocycles. The van der Waals surface area contributed by atoms with Crippen LogP contribution in [0.5, 0.6) is 0 Å². The summed E-state index contributed by atoms with van der Waals surface area (Å²) >= 11 is 46.9. The second-order valence-corrected chi connectivity index (χ2v) is 9.29. The van der Waals surface area contributed by atoms with Crippen molar-refractivity contribution in [2.24, 2.45) is 5.10 Å². The van der Waals surface area contributed by atoms with E-state index in [2.05, 4.69) is 5.10 Å². The second kappa shape index (κ2) is 5.76. The van der Waals surface area contributed by atoms with Gasteiger partial charge in [0.2, 0.25) is 12.0 Å². The number of hydrogen-bond donors (Lipinski definition) is 0. The number of hydrogen-bond acceptors (Lipinski definition) is 3. The summed E-state index contributed by atoms with van der Waals surface area (Å²) < 4.78 is -5.73. The van der Waals surface area contributed by atoms with Gasteiger partial charge in [-0.05, 0) is 6.92 Å². The average Bonchev–Trinajstić information content (AvgIpc) is 2.58. The van der Waals surface area contributed by atoms with Crippen LogP contribution in [0.15, 0.2) is 5.10 Å². The molecule has 1 heterocycles. The minimum Gasteiger partial charge on any atom is -0.300 e. The number of hydrazone groups is 1. The summed E-state index contributed by atoms with van der Waals surface area (Å²) in [5.41, 5.74) is 0. The SMILES string of the molecule is CCN1N=CN(C(Cl)(Cl)C(Cl)(Cl)Cl)C1C(Cl)(Cl)Cl. The van der Waals surface area contributed by atoms with Crippen molar-refractivity contribution >= 4 is 99.1 Å². The monoisotopic (exact) mass is 413 g/mol. The van der Waals surface area contributed by atoms with Crippen LogP contribution in [0.1, 0.15) is 6.92 Å². The zero-order chi connectivity index (χ0) is 14.4. The lowest BCUT2D eigenvalue weighted by molar-refractivity contribution is 0.122. The lowest BCUT2D eigenvalue weighted by Gasteiger charge is -2.42. The number of alkyl halides is 8. The van der Waals surface area contributed by atoms with E-state index in [1.165, 1.54) is 16.2 Å². The van der Waals surface area contributed by atoms with E-state index in [4.69, 9.17) is 92.8 Å². The molecule has 0 amide bonds. The van der Waals surface area contributed by atoms with Crippen LogP contribution in [0, 0.1) is 0 Å². The van der Waals surface area contributed by atoms with Gasteiger partial charge in [-0.1, -0.05) is 92.8 Å². The maximum Gasteiger partial charge on any atom is 0.241 e. The molecule has 0 fully saturated rings. The van der Waals surface area contributed by atoms with Gasteiger partial charge in [0.05, 0.1) is 0 Å². The standard InChI is InChI=1S/C7H7Cl8N3/c1-2-18-4(5(8,9)10)17(3-16-18)7(14,15)6(11,12)13/h3-4H,2H2,1H3. The Labute approximate surface area is 145 Å². The van der Waals surface area contributed by atoms with Gasteiger partial charge in [0.15, 0.2) is 6.17 Å². The van der Waals surface area contributed by atoms with Crippen molar-refractivity contribution in [3.05, 3.63) is 0 Å². The fraction of sp³-hybridized carbons (Fsp3) is 0.857. The summed E-state index contributed by atoms with van der Waals surface area (Å²) in [5.74, 6) is 0. The second-order valence-electron chi connectivity index (χ2n) is 3.35. The molecule has 1 aliphatic heterocycles. The number of halogens is 8. The summed E-state index contributed by atoms with van der Waals surface area (Å²) in [6, 6.07) is 0. The Balaban J connectivity index is 3.13. The molecule has 0 aromatic heterocycles. The van der Waals surface area contributed by atoms with Crippen LogP contribution >= 0.6 is 92.8 Å². The van der Waals surface area contributed by atoms with E-state index in [9.17, 15) is 0 Å². The summed E-state index contributed by atoms with van der Waals surface area (Å²) in [4.78, 5) is 1.18. The van der Waals surface area contributed by atoms with E-state index in [1.807, 2.05) is 6.92 Å². The van der Waals surface area contributed by atoms with Crippen molar-refractivity contribution in [2.75, 3.05) is 6.54 Å². The molecule has 0 spiro atoms. The van der Waals surface area contributed by atoms with Gasteiger partial charge in [-0.15, -0.1) is 0 Å². The molecule has 1 atom stereocenters. The highest BCUT2D eigenvalue weighted by Crippen LogP contribution is 2.51. The zero-order valence-electron chi connectivity index (χ0n) is 8.73. The topological polar surface area (TPSA) is 18.8 Å². The highest BCUT2D eigenvalue weighted by molar-refractivity contribution is 6.75. The van der Waals surface area contributed by atoms with Gasteiger partial charge < -0.3 is 0 Å². The first-order valence-corrected chi connectivity index (χ1v) is 7.55. The third-order valence-electron chi connectivity index (χ3n) is 2.15. The average molecular weight is 417 g/mol. The Morgan fingerprint density at radius 1 is 1.06 bits per heavy atom. The third-order valence-corrected chi connectivity index (χ3v) is 5.10. The molecule has 18 heavy (non-hydrogen) atoms. The fourth-order valence-corrected chi connectivity index (χ4v) is 2.56. The molecule has 0 saturated heterocycles. The van der Waals surface area contributed by atoms with Crippen molar-refractivity contribution < 1.29 is 0 Å². The maximum absolute atomic E-state index is 6.04. The van der Waals surface area contributed by atoms with E-state index in [1.54, 1.807) is 0 Å². The molecule has 0 N–H and O–H groups in total. The number of nitrogens with zero attached hydrogens (tertiary/aromatic N) is 3. The first-order valence-electron chi connectivity index (χ1n) is 4.53. The largest absolute Gasteiger partial charge is 0.300 e. The molecule has 106 valence electrons. The van der Waals surface area contributed by atoms with Gasteiger partial charge in [-0.25, -0.2) is 0 Å². The fourth-order valence-electron chi connectivity index (χ4n) is 1.35. The lowest BCUT2D eigenvalue weighted by atomic mass is 10.4. The Kier molecular flexibility index (Phi) is 5.65. The quantitative estimate of drug-likeness (QED) is 0.477. The Bertz CT molecular complexity index is 333. The van der Waals surface area contributed by atoms with E-state index < -0.39 is 18.2 Å². The van der Waals surface area contributed by atoms with E-state index in [-0.39, 0.29) is 0 Å². The van der Waals surface area contributed by atoms with Gasteiger partial charge in [-0.2, -0.15) is 5.10 Å². The summed E-state index contributed by atoms with van der Waals surface area (Å²) in [6.45, 7) is 2.26. The predicted octanol–water partition coefficient (Wildman–Crippen LogP) is 4.77. The lowest BCUT2D eigenvalue weighted by Crippen LogP contribution is -2.58. The molecule has 3 nitrogen and oxygen atoms in total. The molecular weight excluding hydrogens is 410 g/mol. The van der Waals surface area contributed by atoms with Crippen molar-refractivity contribution in [2.45, 2.75) is 25.1 Å². The predicted molar refractivity (Wildman–Crippen MR) is 81.5 cm³/mol. The Hall–Kier alpha value is 1.59. The summed E-state index contributed by atoms with van der Waals surface area (Å²) in [5, 5.41) is 5.46. The van der Waals surface area contributed by atoms with Gasteiger partial charge >= 0.3 is 0 Å². The van der Waals surface area contributed by atoms with Gasteiger partial charge in [-0.3, -0.25) is 9.91 Å². The first kappa shape index (κ1) is 17.6. The summed E-state index contributed by atoms with van der Waals surface area (Å²) in [6.07, 6.45) is 0.371. The molecule has 0 radical (unpaired) electrons. The first-order chi connectivity index (χ1) is 7.93. The number of rotatable bonds is 2. The highest BCUT2D eigenvalue weighted by atomic mass is 35.6. The zero-order valence-corrected chi connectivity index (χ0v) is 14.8. The summed E-state index contributed by atoms with van der Waals surface area (Å²) in [7, 11) is 0. The maximum atomic E-state index is 6.04. The molecule has 1 rings (SSSR count). The van der Waals surface area contributed by atoms with Crippen molar-refractivity contribution in [3.8, 4) is 0 Å². The molecule has 0 aromatic rings. The van der Waals surface area contributed by atoms with Crippen LogP contribution in [0.25, 0.3) is 0 Å². The molecule has 0 aliphatic carbocycles. The molecule has 1 unspecified atom stereocenters. The highest BCUT2D eigenvalue weighted by Gasteiger charge is 2.58. The third kappa shape index (κ3) is 3.43. The van der Waals surface area contributed by atoms with Crippen LogP contribution in [-0.4, -0.2) is 41.0 Å². The van der Waals surface area contributed by atoms with Crippen LogP contribution in [0.4, 0.5) is 0 Å². The van der Waals surface area contributed by atoms with Crippen molar-refractivity contribution in [1.29, 1.82) is 0 Å². The minimum atomic E-state index is -2.03. The van der Waals surface area contributed by atoms with Crippen molar-refractivity contribution in [1.82, 2.24) is 9.91 Å².